The second kappa shape index (κ2) is 4.22. The van der Waals surface area contributed by atoms with Gasteiger partial charge in [-0.05, 0) is 30.9 Å². The highest BCUT2D eigenvalue weighted by Gasteiger charge is 2.29. The van der Waals surface area contributed by atoms with E-state index in [9.17, 15) is 0 Å². The van der Waals surface area contributed by atoms with Crippen LogP contribution in [-0.2, 0) is 0 Å². The van der Waals surface area contributed by atoms with E-state index in [4.69, 9.17) is 16.3 Å². The molecule has 1 nitrogen and oxygen atoms in total. The Bertz CT molecular complexity index is 305. The molecular weight excluding hydrogens is 196 g/mol. The topological polar surface area (TPSA) is 9.23 Å². The molecule has 0 unspecified atom stereocenters. The molecule has 0 N–H and O–H groups in total. The lowest BCUT2D eigenvalue weighted by Crippen LogP contribution is -2.33. The second-order valence-electron chi connectivity index (χ2n) is 3.92. The summed E-state index contributed by atoms with van der Waals surface area (Å²) in [5, 5.41) is 0.715. The van der Waals surface area contributed by atoms with Crippen molar-refractivity contribution in [3.63, 3.8) is 0 Å². The van der Waals surface area contributed by atoms with Gasteiger partial charge in [0.1, 0.15) is 5.75 Å². The van der Waals surface area contributed by atoms with Crippen LogP contribution in [0.2, 0.25) is 5.02 Å². The Morgan fingerprint density at radius 1 is 1.36 bits per heavy atom. The zero-order valence-electron chi connectivity index (χ0n) is 8.37. The minimum absolute atomic E-state index is 0.389. The third-order valence-corrected chi connectivity index (χ3v) is 3.21. The van der Waals surface area contributed by atoms with Crippen LogP contribution in [0.5, 0.6) is 5.75 Å². The molecule has 1 fully saturated rings. The first-order valence-electron chi connectivity index (χ1n) is 5.20. The van der Waals surface area contributed by atoms with E-state index in [1.54, 1.807) is 0 Å². The van der Waals surface area contributed by atoms with Crippen molar-refractivity contribution in [1.29, 1.82) is 0 Å². The molecule has 0 spiro atoms. The van der Waals surface area contributed by atoms with Crippen molar-refractivity contribution in [3.05, 3.63) is 29.3 Å². The van der Waals surface area contributed by atoms with Gasteiger partial charge >= 0.3 is 0 Å². The molecule has 1 aliphatic rings. The van der Waals surface area contributed by atoms with Crippen LogP contribution in [-0.4, -0.2) is 6.10 Å². The van der Waals surface area contributed by atoms with Crippen molar-refractivity contribution in [2.45, 2.75) is 32.3 Å². The standard InChI is InChI=1S/C12H15ClO/c1-2-9-7-10(8-9)14-12-6-4-3-5-11(12)13/h3-6,9-10H,2,7-8H2,1H3. The highest BCUT2D eigenvalue weighted by atomic mass is 35.5. The van der Waals surface area contributed by atoms with Gasteiger partial charge in [0.15, 0.2) is 0 Å². The van der Waals surface area contributed by atoms with Crippen molar-refractivity contribution in [3.8, 4) is 5.75 Å². The normalized spacial score (nSPS) is 25.6. The van der Waals surface area contributed by atoms with E-state index in [-0.39, 0.29) is 0 Å². The molecule has 1 aromatic rings. The van der Waals surface area contributed by atoms with Gasteiger partial charge in [-0.3, -0.25) is 0 Å². The molecule has 1 aromatic carbocycles. The molecule has 2 rings (SSSR count). The quantitative estimate of drug-likeness (QED) is 0.735. The first-order valence-corrected chi connectivity index (χ1v) is 5.58. The maximum atomic E-state index is 5.99. The summed E-state index contributed by atoms with van der Waals surface area (Å²) in [5.74, 6) is 1.69. The van der Waals surface area contributed by atoms with Crippen LogP contribution in [0.15, 0.2) is 24.3 Å². The van der Waals surface area contributed by atoms with E-state index in [2.05, 4.69) is 6.92 Å². The minimum atomic E-state index is 0.389. The van der Waals surface area contributed by atoms with Gasteiger partial charge in [-0.15, -0.1) is 0 Å². The summed E-state index contributed by atoms with van der Waals surface area (Å²) < 4.78 is 5.78. The zero-order valence-corrected chi connectivity index (χ0v) is 9.13. The number of halogens is 1. The van der Waals surface area contributed by atoms with Gasteiger partial charge in [0, 0.05) is 0 Å². The molecule has 14 heavy (non-hydrogen) atoms. The average molecular weight is 211 g/mol. The number of benzene rings is 1. The SMILES string of the molecule is CCC1CC(Oc2ccccc2Cl)C1. The van der Waals surface area contributed by atoms with Crippen molar-refractivity contribution >= 4 is 11.6 Å². The van der Waals surface area contributed by atoms with Crippen LogP contribution in [0, 0.1) is 5.92 Å². The number of ether oxygens (including phenoxy) is 1. The summed E-state index contributed by atoms with van der Waals surface area (Å²) >= 11 is 5.99. The van der Waals surface area contributed by atoms with Gasteiger partial charge in [0.05, 0.1) is 11.1 Å². The summed E-state index contributed by atoms with van der Waals surface area (Å²) in [6.45, 7) is 2.23. The lowest BCUT2D eigenvalue weighted by molar-refractivity contribution is 0.0632. The van der Waals surface area contributed by atoms with Crippen molar-refractivity contribution in [1.82, 2.24) is 0 Å². The largest absolute Gasteiger partial charge is 0.489 e. The van der Waals surface area contributed by atoms with E-state index in [0.29, 0.717) is 11.1 Å². The smallest absolute Gasteiger partial charge is 0.138 e. The molecule has 0 heterocycles. The van der Waals surface area contributed by atoms with Crippen molar-refractivity contribution in [2.75, 3.05) is 0 Å². The third-order valence-electron chi connectivity index (χ3n) is 2.90. The van der Waals surface area contributed by atoms with Crippen LogP contribution in [0.3, 0.4) is 0 Å². The maximum Gasteiger partial charge on any atom is 0.138 e. The van der Waals surface area contributed by atoms with Gasteiger partial charge in [0.25, 0.3) is 0 Å². The predicted octanol–water partition coefficient (Wildman–Crippen LogP) is 3.91. The molecule has 0 atom stereocenters. The highest BCUT2D eigenvalue weighted by Crippen LogP contribution is 2.35. The van der Waals surface area contributed by atoms with Gasteiger partial charge in [-0.1, -0.05) is 37.1 Å². The molecule has 1 aliphatic carbocycles. The Kier molecular flexibility index (Phi) is 2.97. The molecule has 0 radical (unpaired) electrons. The van der Waals surface area contributed by atoms with Crippen molar-refractivity contribution < 1.29 is 4.74 Å². The van der Waals surface area contributed by atoms with Crippen LogP contribution < -0.4 is 4.74 Å². The van der Waals surface area contributed by atoms with Gasteiger partial charge in [0.2, 0.25) is 0 Å². The second-order valence-corrected chi connectivity index (χ2v) is 4.32. The fourth-order valence-electron chi connectivity index (χ4n) is 1.82. The van der Waals surface area contributed by atoms with Crippen LogP contribution >= 0.6 is 11.6 Å². The molecule has 0 bridgehead atoms. The molecule has 0 aromatic heterocycles. The molecule has 76 valence electrons. The van der Waals surface area contributed by atoms with Gasteiger partial charge < -0.3 is 4.74 Å². The summed E-state index contributed by atoms with van der Waals surface area (Å²) in [7, 11) is 0. The summed E-state index contributed by atoms with van der Waals surface area (Å²) in [4.78, 5) is 0. The van der Waals surface area contributed by atoms with Gasteiger partial charge in [-0.25, -0.2) is 0 Å². The first kappa shape index (κ1) is 9.85. The Morgan fingerprint density at radius 3 is 2.71 bits per heavy atom. The van der Waals surface area contributed by atoms with E-state index in [1.807, 2.05) is 24.3 Å². The molecule has 0 aliphatic heterocycles. The lowest BCUT2D eigenvalue weighted by Gasteiger charge is -2.34. The van der Waals surface area contributed by atoms with E-state index in [1.165, 1.54) is 19.3 Å². The molecule has 2 heteroatoms. The van der Waals surface area contributed by atoms with E-state index in [0.717, 1.165) is 11.7 Å². The number of rotatable bonds is 3. The minimum Gasteiger partial charge on any atom is -0.489 e. The fraction of sp³-hybridized carbons (Fsp3) is 0.500. The van der Waals surface area contributed by atoms with Crippen LogP contribution in [0.4, 0.5) is 0 Å². The number of hydrogen-bond acceptors (Lipinski definition) is 1. The van der Waals surface area contributed by atoms with E-state index >= 15 is 0 Å². The third kappa shape index (κ3) is 2.03. The monoisotopic (exact) mass is 210 g/mol. The summed E-state index contributed by atoms with van der Waals surface area (Å²) in [5.41, 5.74) is 0. The summed E-state index contributed by atoms with van der Waals surface area (Å²) in [6, 6.07) is 7.68. The predicted molar refractivity (Wildman–Crippen MR) is 58.9 cm³/mol. The average Bonchev–Trinajstić information content (AvgIpc) is 2.13. The van der Waals surface area contributed by atoms with Crippen LogP contribution in [0.25, 0.3) is 0 Å². The Labute approximate surface area is 90.0 Å². The zero-order chi connectivity index (χ0) is 9.97. The Morgan fingerprint density at radius 2 is 2.07 bits per heavy atom. The molecule has 0 amide bonds. The molecular formula is C12H15ClO. The molecule has 1 saturated carbocycles. The van der Waals surface area contributed by atoms with Gasteiger partial charge in [-0.2, -0.15) is 0 Å². The Hall–Kier alpha value is -0.690. The highest BCUT2D eigenvalue weighted by molar-refractivity contribution is 6.32. The van der Waals surface area contributed by atoms with Crippen molar-refractivity contribution in [2.24, 2.45) is 5.92 Å². The number of para-hydroxylation sites is 1. The van der Waals surface area contributed by atoms with E-state index < -0.39 is 0 Å². The lowest BCUT2D eigenvalue weighted by atomic mass is 9.80. The fourth-order valence-corrected chi connectivity index (χ4v) is 2.00. The Balaban J connectivity index is 1.90. The number of hydrogen-bond donors (Lipinski definition) is 0. The first-order chi connectivity index (χ1) is 6.79. The summed E-state index contributed by atoms with van der Waals surface area (Å²) in [6.07, 6.45) is 4.02. The van der Waals surface area contributed by atoms with Crippen LogP contribution in [0.1, 0.15) is 26.2 Å². The maximum absolute atomic E-state index is 5.99. The molecule has 0 saturated heterocycles.